The zero-order valence-corrected chi connectivity index (χ0v) is 14.6. The van der Waals surface area contributed by atoms with E-state index in [1.165, 1.54) is 11.1 Å². The lowest BCUT2D eigenvalue weighted by molar-refractivity contribution is -0.137. The fourth-order valence-electron chi connectivity index (χ4n) is 3.43. The number of Topliss-reactive ketones (excluding diaryl/α,β-unsaturated/α-hetero) is 1. The second-order valence-electron chi connectivity index (χ2n) is 7.42. The van der Waals surface area contributed by atoms with Gasteiger partial charge in [0.25, 0.3) is 0 Å². The number of hydrogen-bond donors (Lipinski definition) is 2. The van der Waals surface area contributed by atoms with E-state index in [2.05, 4.69) is 10.3 Å². The second-order valence-corrected chi connectivity index (χ2v) is 7.42. The average molecular weight is 373 g/mol. The van der Waals surface area contributed by atoms with Gasteiger partial charge in [-0.1, -0.05) is 0 Å². The summed E-state index contributed by atoms with van der Waals surface area (Å²) < 4.78 is 45.7. The molecule has 6 nitrogen and oxygen atoms in total. The molecule has 9 heteroatoms. The van der Waals surface area contributed by atoms with Crippen molar-refractivity contribution in [2.24, 2.45) is 0 Å². The van der Waals surface area contributed by atoms with Crippen LogP contribution in [0.4, 0.5) is 19.0 Å². The van der Waals surface area contributed by atoms with E-state index >= 15 is 0 Å². The van der Waals surface area contributed by atoms with Gasteiger partial charge in [-0.05, 0) is 19.9 Å². The third-order valence-corrected chi connectivity index (χ3v) is 4.49. The number of aliphatic hydroxyl groups is 1. The van der Waals surface area contributed by atoms with E-state index in [1.807, 2.05) is 6.92 Å². The highest BCUT2D eigenvalue weighted by Gasteiger charge is 2.43. The highest BCUT2D eigenvalue weighted by Crippen LogP contribution is 2.39. The summed E-state index contributed by atoms with van der Waals surface area (Å²) in [5.74, 6) is -0.101. The summed E-state index contributed by atoms with van der Waals surface area (Å²) in [6.07, 6.45) is -2.60. The molecule has 2 fully saturated rings. The number of alkyl halides is 3. The first-order valence-electron chi connectivity index (χ1n) is 8.49. The van der Waals surface area contributed by atoms with Crippen LogP contribution in [0.3, 0.4) is 0 Å². The zero-order valence-electron chi connectivity index (χ0n) is 14.6. The molecule has 3 rings (SSSR count). The Morgan fingerprint density at radius 2 is 2.12 bits per heavy atom. The first-order chi connectivity index (χ1) is 12.0. The van der Waals surface area contributed by atoms with Crippen LogP contribution in [-0.2, 0) is 11.0 Å². The minimum Gasteiger partial charge on any atom is -0.490 e. The van der Waals surface area contributed by atoms with Crippen molar-refractivity contribution < 1.29 is 27.8 Å². The van der Waals surface area contributed by atoms with Crippen LogP contribution in [0.15, 0.2) is 12.3 Å². The number of anilines is 1. The van der Waals surface area contributed by atoms with Crippen LogP contribution in [0.1, 0.15) is 32.3 Å². The molecule has 2 aliphatic rings. The molecule has 0 bridgehead atoms. The first kappa shape index (κ1) is 18.9. The Kier molecular flexibility index (Phi) is 4.87. The highest BCUT2D eigenvalue weighted by atomic mass is 19.4. The molecule has 1 aromatic rings. The van der Waals surface area contributed by atoms with E-state index in [9.17, 15) is 23.1 Å². The fourth-order valence-corrected chi connectivity index (χ4v) is 3.43. The van der Waals surface area contributed by atoms with Gasteiger partial charge in [0.15, 0.2) is 0 Å². The van der Waals surface area contributed by atoms with Crippen molar-refractivity contribution in [3.05, 3.63) is 17.8 Å². The molecule has 0 amide bonds. The number of piperidine rings is 1. The van der Waals surface area contributed by atoms with Gasteiger partial charge < -0.3 is 20.1 Å². The van der Waals surface area contributed by atoms with Crippen LogP contribution in [0, 0.1) is 0 Å². The van der Waals surface area contributed by atoms with Gasteiger partial charge in [0.1, 0.15) is 29.5 Å². The maximum Gasteiger partial charge on any atom is 0.420 e. The molecular weight excluding hydrogens is 351 g/mol. The molecule has 2 N–H and O–H groups in total. The Bertz CT molecular complexity index is 686. The topological polar surface area (TPSA) is 74.7 Å². The van der Waals surface area contributed by atoms with E-state index < -0.39 is 17.3 Å². The summed E-state index contributed by atoms with van der Waals surface area (Å²) in [5, 5.41) is 12.9. The maximum atomic E-state index is 13.4. The van der Waals surface area contributed by atoms with Crippen molar-refractivity contribution in [3.8, 4) is 5.75 Å². The molecule has 144 valence electrons. The summed E-state index contributed by atoms with van der Waals surface area (Å²) in [5.41, 5.74) is -1.90. The molecule has 3 heterocycles. The maximum absolute atomic E-state index is 13.4. The third-order valence-electron chi connectivity index (χ3n) is 4.49. The SMILES string of the molecule is C[C@H]1CC(=O)C[C@@H](COc2cnc(N3CC(C)(O)C3)c(C(F)(F)F)c2)N1. The lowest BCUT2D eigenvalue weighted by Gasteiger charge is -2.45. The van der Waals surface area contributed by atoms with Crippen molar-refractivity contribution in [1.29, 1.82) is 0 Å². The summed E-state index contributed by atoms with van der Waals surface area (Å²) in [6.45, 7) is 3.72. The number of β-amino-alcohol motifs (C(OH)–C–C–N with tert-alkyl or cyclic N) is 1. The largest absolute Gasteiger partial charge is 0.490 e. The molecule has 0 saturated carbocycles. The number of nitrogens with zero attached hydrogens (tertiary/aromatic N) is 2. The van der Waals surface area contributed by atoms with Crippen LogP contribution < -0.4 is 15.0 Å². The summed E-state index contributed by atoms with van der Waals surface area (Å²) >= 11 is 0. The number of ether oxygens (including phenoxy) is 1. The Hall–Kier alpha value is -1.87. The van der Waals surface area contributed by atoms with Crippen LogP contribution in [-0.4, -0.2) is 53.3 Å². The van der Waals surface area contributed by atoms with Crippen molar-refractivity contribution in [2.75, 3.05) is 24.6 Å². The number of carbonyl (C=O) groups is 1. The van der Waals surface area contributed by atoms with E-state index in [1.54, 1.807) is 6.92 Å². The first-order valence-corrected chi connectivity index (χ1v) is 8.49. The van der Waals surface area contributed by atoms with E-state index in [0.717, 1.165) is 6.07 Å². The predicted molar refractivity (Wildman–Crippen MR) is 88.2 cm³/mol. The summed E-state index contributed by atoms with van der Waals surface area (Å²) in [7, 11) is 0. The normalized spacial score (nSPS) is 25.8. The van der Waals surface area contributed by atoms with E-state index in [4.69, 9.17) is 4.74 Å². The quantitative estimate of drug-likeness (QED) is 0.838. The van der Waals surface area contributed by atoms with Crippen LogP contribution in [0.5, 0.6) is 5.75 Å². The number of ketones is 1. The van der Waals surface area contributed by atoms with Gasteiger partial charge in [-0.2, -0.15) is 13.2 Å². The molecule has 2 atom stereocenters. The number of nitrogens with one attached hydrogen (secondary N) is 1. The number of rotatable bonds is 4. The summed E-state index contributed by atoms with van der Waals surface area (Å²) in [4.78, 5) is 16.9. The molecule has 1 aromatic heterocycles. The van der Waals surface area contributed by atoms with Crippen molar-refractivity contribution >= 4 is 11.6 Å². The van der Waals surface area contributed by atoms with Crippen molar-refractivity contribution in [3.63, 3.8) is 0 Å². The second kappa shape index (κ2) is 6.70. The van der Waals surface area contributed by atoms with E-state index in [0.29, 0.717) is 12.8 Å². The van der Waals surface area contributed by atoms with Gasteiger partial charge in [-0.3, -0.25) is 4.79 Å². The molecule has 2 aliphatic heterocycles. The zero-order chi connectivity index (χ0) is 19.1. The molecule has 0 unspecified atom stereocenters. The molecule has 26 heavy (non-hydrogen) atoms. The van der Waals surface area contributed by atoms with Gasteiger partial charge in [-0.25, -0.2) is 4.98 Å². The minimum absolute atomic E-state index is 0.000772. The van der Waals surface area contributed by atoms with Crippen LogP contribution >= 0.6 is 0 Å². The van der Waals surface area contributed by atoms with Crippen LogP contribution in [0.25, 0.3) is 0 Å². The molecule has 0 radical (unpaired) electrons. The Balaban J connectivity index is 1.72. The molecule has 0 aliphatic carbocycles. The summed E-state index contributed by atoms with van der Waals surface area (Å²) in [6, 6.07) is 0.713. The Morgan fingerprint density at radius 1 is 1.42 bits per heavy atom. The Morgan fingerprint density at radius 3 is 2.69 bits per heavy atom. The van der Waals surface area contributed by atoms with Gasteiger partial charge in [0, 0.05) is 38.0 Å². The highest BCUT2D eigenvalue weighted by molar-refractivity contribution is 5.80. The van der Waals surface area contributed by atoms with E-state index in [-0.39, 0.29) is 49.1 Å². The fraction of sp³-hybridized carbons (Fsp3) is 0.647. The number of hydrogen-bond acceptors (Lipinski definition) is 6. The van der Waals surface area contributed by atoms with Gasteiger partial charge in [0.2, 0.25) is 0 Å². The smallest absolute Gasteiger partial charge is 0.420 e. The number of halogens is 3. The third kappa shape index (κ3) is 4.27. The predicted octanol–water partition coefficient (Wildman–Crippen LogP) is 1.76. The molecular formula is C17H22F3N3O3. The van der Waals surface area contributed by atoms with Crippen molar-refractivity contribution in [2.45, 2.75) is 50.6 Å². The minimum atomic E-state index is -4.59. The standard InChI is InChI=1S/C17H22F3N3O3/c1-10-3-12(24)4-11(22-10)7-26-13-5-14(17(18,19)20)15(21-6-13)23-8-16(2,25)9-23/h5-6,10-11,22,25H,3-4,7-9H2,1-2H3/t10-,11-/m0/s1. The number of aromatic nitrogens is 1. The Labute approximate surface area is 149 Å². The lowest BCUT2D eigenvalue weighted by Crippen LogP contribution is -2.60. The molecule has 0 spiro atoms. The lowest BCUT2D eigenvalue weighted by atomic mass is 9.96. The number of carbonyl (C=O) groups excluding carboxylic acids is 1. The van der Waals surface area contributed by atoms with Crippen LogP contribution in [0.2, 0.25) is 0 Å². The molecule has 2 saturated heterocycles. The molecule has 0 aromatic carbocycles. The van der Waals surface area contributed by atoms with Gasteiger partial charge in [0.05, 0.1) is 11.8 Å². The van der Waals surface area contributed by atoms with Gasteiger partial charge in [-0.15, -0.1) is 0 Å². The number of pyridine rings is 1. The monoisotopic (exact) mass is 373 g/mol. The average Bonchev–Trinajstić information content (AvgIpc) is 2.48. The van der Waals surface area contributed by atoms with Gasteiger partial charge >= 0.3 is 6.18 Å². The van der Waals surface area contributed by atoms with Crippen molar-refractivity contribution in [1.82, 2.24) is 10.3 Å².